The number of hydrogen-bond donors (Lipinski definition) is 0. The highest BCUT2D eigenvalue weighted by Gasteiger charge is 2.21. The van der Waals surface area contributed by atoms with Crippen molar-refractivity contribution < 1.29 is 0 Å². The molecule has 1 aliphatic rings. The molecular weight excluding hydrogens is 144 g/mol. The second-order valence-corrected chi connectivity index (χ2v) is 5.46. The van der Waals surface area contributed by atoms with Crippen LogP contribution in [0.15, 0.2) is 12.2 Å². The van der Waals surface area contributed by atoms with Crippen LogP contribution >= 0.6 is 0 Å². The molecule has 0 heterocycles. The fraction of sp³-hybridized carbons (Fsp3) is 0.833. The van der Waals surface area contributed by atoms with Gasteiger partial charge in [0.15, 0.2) is 0 Å². The average molecular weight is 166 g/mol. The van der Waals surface area contributed by atoms with Crippen LogP contribution < -0.4 is 0 Å². The van der Waals surface area contributed by atoms with Gasteiger partial charge in [0.1, 0.15) is 0 Å². The SMILES string of the molecule is C=C1CCC(CC(C)(C)C)CC1. The molecule has 1 aliphatic carbocycles. The summed E-state index contributed by atoms with van der Waals surface area (Å²) in [5, 5.41) is 0. The van der Waals surface area contributed by atoms with Gasteiger partial charge in [0, 0.05) is 0 Å². The van der Waals surface area contributed by atoms with Crippen LogP contribution in [0.1, 0.15) is 52.9 Å². The molecule has 1 rings (SSSR count). The van der Waals surface area contributed by atoms with E-state index in [0.717, 1.165) is 5.92 Å². The zero-order valence-corrected chi connectivity index (χ0v) is 8.82. The Hall–Kier alpha value is -0.260. The zero-order chi connectivity index (χ0) is 9.19. The van der Waals surface area contributed by atoms with Crippen molar-refractivity contribution in [2.45, 2.75) is 52.9 Å². The lowest BCUT2D eigenvalue weighted by molar-refractivity contribution is 0.258. The largest absolute Gasteiger partial charge is 0.0999 e. The molecule has 0 nitrogen and oxygen atoms in total. The summed E-state index contributed by atoms with van der Waals surface area (Å²) >= 11 is 0. The van der Waals surface area contributed by atoms with Crippen molar-refractivity contribution in [2.75, 3.05) is 0 Å². The van der Waals surface area contributed by atoms with E-state index in [9.17, 15) is 0 Å². The fourth-order valence-electron chi connectivity index (χ4n) is 2.16. The van der Waals surface area contributed by atoms with Crippen LogP contribution in [-0.2, 0) is 0 Å². The first-order valence-electron chi connectivity index (χ1n) is 5.14. The third kappa shape index (κ3) is 3.42. The first-order valence-corrected chi connectivity index (χ1v) is 5.14. The summed E-state index contributed by atoms with van der Waals surface area (Å²) in [7, 11) is 0. The monoisotopic (exact) mass is 166 g/mol. The molecule has 0 unspecified atom stereocenters. The summed E-state index contributed by atoms with van der Waals surface area (Å²) in [6, 6.07) is 0. The van der Waals surface area contributed by atoms with Gasteiger partial charge in [0.25, 0.3) is 0 Å². The summed E-state index contributed by atoms with van der Waals surface area (Å²) in [5.74, 6) is 0.968. The molecule has 0 N–H and O–H groups in total. The number of allylic oxidation sites excluding steroid dienone is 1. The minimum atomic E-state index is 0.517. The van der Waals surface area contributed by atoms with Crippen molar-refractivity contribution in [2.24, 2.45) is 11.3 Å². The maximum Gasteiger partial charge on any atom is -0.0320 e. The summed E-state index contributed by atoms with van der Waals surface area (Å²) in [6.07, 6.45) is 6.72. The van der Waals surface area contributed by atoms with Gasteiger partial charge in [-0.2, -0.15) is 0 Å². The second-order valence-electron chi connectivity index (χ2n) is 5.46. The maximum atomic E-state index is 4.05. The Morgan fingerprint density at radius 3 is 2.17 bits per heavy atom. The molecule has 0 amide bonds. The van der Waals surface area contributed by atoms with Gasteiger partial charge in [-0.1, -0.05) is 32.9 Å². The molecule has 0 bridgehead atoms. The molecule has 0 radical (unpaired) electrons. The Labute approximate surface area is 77.1 Å². The summed E-state index contributed by atoms with van der Waals surface area (Å²) in [6.45, 7) is 11.1. The molecule has 12 heavy (non-hydrogen) atoms. The van der Waals surface area contributed by atoms with Crippen molar-refractivity contribution >= 4 is 0 Å². The maximum absolute atomic E-state index is 4.05. The predicted molar refractivity (Wildman–Crippen MR) is 55.2 cm³/mol. The lowest BCUT2D eigenvalue weighted by atomic mass is 9.77. The molecule has 0 aromatic carbocycles. The van der Waals surface area contributed by atoms with Crippen LogP contribution in [0.5, 0.6) is 0 Å². The van der Waals surface area contributed by atoms with Gasteiger partial charge in [-0.25, -0.2) is 0 Å². The number of rotatable bonds is 1. The van der Waals surface area contributed by atoms with E-state index in [1.807, 2.05) is 0 Å². The molecule has 70 valence electrons. The zero-order valence-electron chi connectivity index (χ0n) is 8.82. The van der Waals surface area contributed by atoms with Gasteiger partial charge in [0.2, 0.25) is 0 Å². The first-order chi connectivity index (χ1) is 5.47. The van der Waals surface area contributed by atoms with Crippen LogP contribution in [0.3, 0.4) is 0 Å². The molecule has 0 saturated heterocycles. The van der Waals surface area contributed by atoms with E-state index in [4.69, 9.17) is 0 Å². The summed E-state index contributed by atoms with van der Waals surface area (Å²) in [5.41, 5.74) is 1.99. The van der Waals surface area contributed by atoms with E-state index in [-0.39, 0.29) is 0 Å². The normalized spacial score (nSPS) is 21.4. The minimum absolute atomic E-state index is 0.517. The highest BCUT2D eigenvalue weighted by atomic mass is 14.3. The standard InChI is InChI=1S/C12H22/c1-10-5-7-11(8-6-10)9-12(2,3)4/h11H,1,5-9H2,2-4H3. The predicted octanol–water partition coefficient (Wildman–Crippen LogP) is 4.17. The van der Waals surface area contributed by atoms with E-state index in [2.05, 4.69) is 27.4 Å². The Morgan fingerprint density at radius 2 is 1.75 bits per heavy atom. The number of hydrogen-bond acceptors (Lipinski definition) is 0. The van der Waals surface area contributed by atoms with Gasteiger partial charge in [-0.15, -0.1) is 0 Å². The third-order valence-corrected chi connectivity index (χ3v) is 2.71. The molecule has 0 aromatic heterocycles. The molecule has 0 spiro atoms. The van der Waals surface area contributed by atoms with Crippen LogP contribution in [0.25, 0.3) is 0 Å². The quantitative estimate of drug-likeness (QED) is 0.513. The highest BCUT2D eigenvalue weighted by Crippen LogP contribution is 2.35. The van der Waals surface area contributed by atoms with E-state index in [1.54, 1.807) is 0 Å². The Bertz CT molecular complexity index is 149. The van der Waals surface area contributed by atoms with Crippen molar-refractivity contribution in [3.8, 4) is 0 Å². The van der Waals surface area contributed by atoms with Gasteiger partial charge in [-0.05, 0) is 43.4 Å². The van der Waals surface area contributed by atoms with E-state index < -0.39 is 0 Å². The van der Waals surface area contributed by atoms with E-state index in [0.29, 0.717) is 5.41 Å². The topological polar surface area (TPSA) is 0 Å². The van der Waals surface area contributed by atoms with E-state index >= 15 is 0 Å². The van der Waals surface area contributed by atoms with Crippen molar-refractivity contribution in [3.05, 3.63) is 12.2 Å². The van der Waals surface area contributed by atoms with Gasteiger partial charge in [-0.3, -0.25) is 0 Å². The minimum Gasteiger partial charge on any atom is -0.0999 e. The average Bonchev–Trinajstić information content (AvgIpc) is 1.91. The van der Waals surface area contributed by atoms with Crippen molar-refractivity contribution in [1.29, 1.82) is 0 Å². The van der Waals surface area contributed by atoms with E-state index in [1.165, 1.54) is 37.7 Å². The summed E-state index contributed by atoms with van der Waals surface area (Å²) < 4.78 is 0. The molecule has 0 heteroatoms. The Kier molecular flexibility index (Phi) is 2.98. The van der Waals surface area contributed by atoms with Crippen LogP contribution in [-0.4, -0.2) is 0 Å². The highest BCUT2D eigenvalue weighted by molar-refractivity contribution is 4.98. The molecule has 0 aliphatic heterocycles. The molecule has 1 saturated carbocycles. The Morgan fingerprint density at radius 1 is 1.25 bits per heavy atom. The second kappa shape index (κ2) is 3.64. The Balaban J connectivity index is 2.31. The third-order valence-electron chi connectivity index (χ3n) is 2.71. The van der Waals surface area contributed by atoms with Gasteiger partial charge in [0.05, 0.1) is 0 Å². The lowest BCUT2D eigenvalue weighted by Crippen LogP contribution is -2.16. The van der Waals surface area contributed by atoms with Gasteiger partial charge >= 0.3 is 0 Å². The molecule has 1 fully saturated rings. The van der Waals surface area contributed by atoms with Gasteiger partial charge < -0.3 is 0 Å². The fourth-order valence-corrected chi connectivity index (χ4v) is 2.16. The van der Waals surface area contributed by atoms with Crippen LogP contribution in [0, 0.1) is 11.3 Å². The molecule has 0 atom stereocenters. The van der Waals surface area contributed by atoms with Crippen LogP contribution in [0.4, 0.5) is 0 Å². The van der Waals surface area contributed by atoms with Crippen LogP contribution in [0.2, 0.25) is 0 Å². The first kappa shape index (κ1) is 9.83. The molecular formula is C12H22. The lowest BCUT2D eigenvalue weighted by Gasteiger charge is -2.29. The van der Waals surface area contributed by atoms with Crippen molar-refractivity contribution in [1.82, 2.24) is 0 Å². The summed E-state index contributed by atoms with van der Waals surface area (Å²) in [4.78, 5) is 0. The van der Waals surface area contributed by atoms with Crippen molar-refractivity contribution in [3.63, 3.8) is 0 Å². The smallest absolute Gasteiger partial charge is 0.0320 e. The molecule has 0 aromatic rings.